The summed E-state index contributed by atoms with van der Waals surface area (Å²) in [5.74, 6) is -0.482. The number of alkyl halides is 3. The van der Waals surface area contributed by atoms with E-state index in [4.69, 9.17) is 0 Å². The maximum Gasteiger partial charge on any atom is 0.416 e. The van der Waals surface area contributed by atoms with Crippen LogP contribution in [0.25, 0.3) is 11.1 Å². The average molecular weight is 386 g/mol. The van der Waals surface area contributed by atoms with Crippen molar-refractivity contribution in [1.29, 1.82) is 0 Å². The van der Waals surface area contributed by atoms with Crippen molar-refractivity contribution in [1.82, 2.24) is 0 Å². The maximum atomic E-state index is 12.7. The highest BCUT2D eigenvalue weighted by molar-refractivity contribution is 6.08. The van der Waals surface area contributed by atoms with Gasteiger partial charge in [-0.3, -0.25) is 14.9 Å². The van der Waals surface area contributed by atoms with Crippen molar-refractivity contribution in [2.45, 2.75) is 6.18 Å². The fraction of sp³-hybridized carbons (Fsp3) is 0.0500. The van der Waals surface area contributed by atoms with E-state index in [-0.39, 0.29) is 11.3 Å². The normalized spacial score (nSPS) is 11.1. The Balaban J connectivity index is 1.87. The van der Waals surface area contributed by atoms with Crippen LogP contribution in [-0.4, -0.2) is 10.8 Å². The van der Waals surface area contributed by atoms with Crippen molar-refractivity contribution in [3.05, 3.63) is 94.0 Å². The zero-order valence-corrected chi connectivity index (χ0v) is 14.2. The molecule has 0 spiro atoms. The first-order valence-corrected chi connectivity index (χ1v) is 8.08. The lowest BCUT2D eigenvalue weighted by Gasteiger charge is -2.12. The van der Waals surface area contributed by atoms with E-state index in [0.717, 1.165) is 12.1 Å². The number of carbonyl (C=O) groups excluding carboxylic acids is 1. The minimum atomic E-state index is -4.44. The zero-order chi connectivity index (χ0) is 20.3. The van der Waals surface area contributed by atoms with Crippen LogP contribution in [0, 0.1) is 10.1 Å². The zero-order valence-electron chi connectivity index (χ0n) is 14.2. The van der Waals surface area contributed by atoms with Crippen molar-refractivity contribution in [3.63, 3.8) is 0 Å². The van der Waals surface area contributed by atoms with Gasteiger partial charge in [0.2, 0.25) is 0 Å². The Hall–Kier alpha value is -3.68. The van der Waals surface area contributed by atoms with Gasteiger partial charge in [0.1, 0.15) is 0 Å². The number of anilines is 1. The molecule has 0 aliphatic rings. The second-order valence-corrected chi connectivity index (χ2v) is 5.88. The van der Waals surface area contributed by atoms with Crippen LogP contribution in [0.4, 0.5) is 24.5 Å². The summed E-state index contributed by atoms with van der Waals surface area (Å²) in [6.07, 6.45) is -4.44. The summed E-state index contributed by atoms with van der Waals surface area (Å²) in [4.78, 5) is 22.8. The SMILES string of the molecule is O=C(Nc1ccc([N+](=O)[O-])cc1)c1ccccc1-c1ccc(C(F)(F)F)cc1. The van der Waals surface area contributed by atoms with Crippen LogP contribution in [0.15, 0.2) is 72.8 Å². The quantitative estimate of drug-likeness (QED) is 0.473. The van der Waals surface area contributed by atoms with Gasteiger partial charge in [0.05, 0.1) is 10.5 Å². The molecule has 1 N–H and O–H groups in total. The Morgan fingerprint density at radius 3 is 2.07 bits per heavy atom. The first-order chi connectivity index (χ1) is 13.3. The number of halogens is 3. The van der Waals surface area contributed by atoms with Crippen LogP contribution in [-0.2, 0) is 6.18 Å². The van der Waals surface area contributed by atoms with Crippen molar-refractivity contribution >= 4 is 17.3 Å². The molecule has 0 heterocycles. The van der Waals surface area contributed by atoms with Crippen molar-refractivity contribution < 1.29 is 22.9 Å². The number of hydrogen-bond acceptors (Lipinski definition) is 3. The molecule has 0 radical (unpaired) electrons. The number of rotatable bonds is 4. The highest BCUT2D eigenvalue weighted by Crippen LogP contribution is 2.32. The second-order valence-electron chi connectivity index (χ2n) is 5.88. The number of carbonyl (C=O) groups is 1. The molecule has 0 bridgehead atoms. The largest absolute Gasteiger partial charge is 0.416 e. The third kappa shape index (κ3) is 4.17. The average Bonchev–Trinajstić information content (AvgIpc) is 2.68. The third-order valence-electron chi connectivity index (χ3n) is 4.03. The van der Waals surface area contributed by atoms with Gasteiger partial charge in [-0.2, -0.15) is 13.2 Å². The Labute approximate surface area is 157 Å². The van der Waals surface area contributed by atoms with E-state index in [0.29, 0.717) is 16.8 Å². The number of nitro benzene ring substituents is 1. The minimum Gasteiger partial charge on any atom is -0.322 e. The van der Waals surface area contributed by atoms with E-state index in [1.54, 1.807) is 24.3 Å². The Bertz CT molecular complexity index is 1010. The number of benzene rings is 3. The molecule has 0 atom stereocenters. The molecule has 0 saturated carbocycles. The van der Waals surface area contributed by atoms with Crippen LogP contribution < -0.4 is 5.32 Å². The summed E-state index contributed by atoms with van der Waals surface area (Å²) < 4.78 is 38.2. The summed E-state index contributed by atoms with van der Waals surface area (Å²) >= 11 is 0. The molecule has 1 amide bonds. The first kappa shape index (κ1) is 19.1. The van der Waals surface area contributed by atoms with Crippen LogP contribution in [0.5, 0.6) is 0 Å². The van der Waals surface area contributed by atoms with Gasteiger partial charge in [-0.25, -0.2) is 0 Å². The first-order valence-electron chi connectivity index (χ1n) is 8.08. The van der Waals surface area contributed by atoms with Crippen molar-refractivity contribution in [3.8, 4) is 11.1 Å². The molecule has 8 heteroatoms. The van der Waals surface area contributed by atoms with Crippen LogP contribution in [0.2, 0.25) is 0 Å². The lowest BCUT2D eigenvalue weighted by atomic mass is 9.98. The van der Waals surface area contributed by atoms with E-state index in [1.165, 1.54) is 36.4 Å². The summed E-state index contributed by atoms with van der Waals surface area (Å²) in [7, 11) is 0. The molecule has 142 valence electrons. The molecule has 0 saturated heterocycles. The van der Waals surface area contributed by atoms with Crippen molar-refractivity contribution in [2.75, 3.05) is 5.32 Å². The van der Waals surface area contributed by atoms with Crippen LogP contribution in [0.3, 0.4) is 0 Å². The molecule has 0 unspecified atom stereocenters. The van der Waals surface area contributed by atoms with Gasteiger partial charge in [0.15, 0.2) is 0 Å². The van der Waals surface area contributed by atoms with E-state index in [2.05, 4.69) is 5.32 Å². The molecule has 0 fully saturated rings. The lowest BCUT2D eigenvalue weighted by Crippen LogP contribution is -2.13. The highest BCUT2D eigenvalue weighted by atomic mass is 19.4. The number of amides is 1. The predicted molar refractivity (Wildman–Crippen MR) is 97.9 cm³/mol. The van der Waals surface area contributed by atoms with Gasteiger partial charge in [0.25, 0.3) is 11.6 Å². The number of nitrogens with zero attached hydrogens (tertiary/aromatic N) is 1. The van der Waals surface area contributed by atoms with Gasteiger partial charge in [-0.15, -0.1) is 0 Å². The monoisotopic (exact) mass is 386 g/mol. The summed E-state index contributed by atoms with van der Waals surface area (Å²) in [5.41, 5.74) is 0.670. The molecular formula is C20H13F3N2O3. The number of nitrogens with one attached hydrogen (secondary N) is 1. The molecule has 0 aliphatic carbocycles. The van der Waals surface area contributed by atoms with E-state index in [1.807, 2.05) is 0 Å². The molecular weight excluding hydrogens is 373 g/mol. The number of hydrogen-bond donors (Lipinski definition) is 1. The fourth-order valence-electron chi connectivity index (χ4n) is 2.64. The van der Waals surface area contributed by atoms with E-state index < -0.39 is 22.6 Å². The smallest absolute Gasteiger partial charge is 0.322 e. The number of nitro groups is 1. The van der Waals surface area contributed by atoms with Gasteiger partial charge in [-0.1, -0.05) is 30.3 Å². The van der Waals surface area contributed by atoms with Gasteiger partial charge < -0.3 is 5.32 Å². The topological polar surface area (TPSA) is 72.2 Å². The summed E-state index contributed by atoms with van der Waals surface area (Å²) in [6.45, 7) is 0. The Morgan fingerprint density at radius 2 is 1.50 bits per heavy atom. The predicted octanol–water partition coefficient (Wildman–Crippen LogP) is 5.53. The molecule has 0 aliphatic heterocycles. The fourth-order valence-corrected chi connectivity index (χ4v) is 2.64. The third-order valence-corrected chi connectivity index (χ3v) is 4.03. The Morgan fingerprint density at radius 1 is 0.893 bits per heavy atom. The summed E-state index contributed by atoms with van der Waals surface area (Å²) in [5, 5.41) is 13.3. The number of non-ortho nitro benzene ring substituents is 1. The molecule has 3 aromatic rings. The molecule has 28 heavy (non-hydrogen) atoms. The maximum absolute atomic E-state index is 12.7. The summed E-state index contributed by atoms with van der Waals surface area (Å²) in [6, 6.07) is 16.3. The van der Waals surface area contributed by atoms with Gasteiger partial charge >= 0.3 is 6.18 Å². The molecule has 5 nitrogen and oxygen atoms in total. The second kappa shape index (κ2) is 7.51. The standard InChI is InChI=1S/C20H13F3N2O3/c21-20(22,23)14-7-5-13(6-8-14)17-3-1-2-4-18(17)19(26)24-15-9-11-16(12-10-15)25(27)28/h1-12H,(H,24,26). The van der Waals surface area contributed by atoms with Gasteiger partial charge in [0, 0.05) is 23.4 Å². The van der Waals surface area contributed by atoms with Gasteiger partial charge in [-0.05, 0) is 41.5 Å². The highest BCUT2D eigenvalue weighted by Gasteiger charge is 2.30. The van der Waals surface area contributed by atoms with Crippen LogP contribution >= 0.6 is 0 Å². The van der Waals surface area contributed by atoms with Crippen LogP contribution in [0.1, 0.15) is 15.9 Å². The molecule has 3 rings (SSSR count). The van der Waals surface area contributed by atoms with Crippen molar-refractivity contribution in [2.24, 2.45) is 0 Å². The Kier molecular flexibility index (Phi) is 5.12. The van der Waals surface area contributed by atoms with E-state index >= 15 is 0 Å². The molecule has 0 aromatic heterocycles. The lowest BCUT2D eigenvalue weighted by molar-refractivity contribution is -0.384. The van der Waals surface area contributed by atoms with E-state index in [9.17, 15) is 28.1 Å². The molecule has 3 aromatic carbocycles. The minimum absolute atomic E-state index is 0.108.